The molecule has 0 aliphatic carbocycles. The summed E-state index contributed by atoms with van der Waals surface area (Å²) in [4.78, 5) is 11.9. The third-order valence-electron chi connectivity index (χ3n) is 3.14. The Labute approximate surface area is 124 Å². The molecule has 0 aliphatic heterocycles. The van der Waals surface area contributed by atoms with Gasteiger partial charge in [0.2, 0.25) is 0 Å². The maximum Gasteiger partial charge on any atom is 0.164 e. The molecule has 3 heteroatoms. The van der Waals surface area contributed by atoms with E-state index < -0.39 is 0 Å². The predicted molar refractivity (Wildman–Crippen MR) is 80.9 cm³/mol. The third-order valence-corrected chi connectivity index (χ3v) is 3.14. The van der Waals surface area contributed by atoms with Gasteiger partial charge in [-0.15, -0.1) is 0 Å². The van der Waals surface area contributed by atoms with Crippen molar-refractivity contribution in [3.05, 3.63) is 65.7 Å². The average molecular weight is 279 g/mol. The Bertz CT molecular complexity index is 627. The van der Waals surface area contributed by atoms with Gasteiger partial charge in [-0.3, -0.25) is 4.79 Å². The molecule has 0 saturated carbocycles. The lowest BCUT2D eigenvalue weighted by molar-refractivity contribution is 0.0972. The van der Waals surface area contributed by atoms with Crippen LogP contribution >= 0.6 is 0 Å². The summed E-state index contributed by atoms with van der Waals surface area (Å²) >= 11 is 0. The zero-order chi connectivity index (χ0) is 15.1. The van der Waals surface area contributed by atoms with Crippen molar-refractivity contribution < 1.29 is 9.53 Å². The van der Waals surface area contributed by atoms with Gasteiger partial charge in [0.1, 0.15) is 12.4 Å². The highest BCUT2D eigenvalue weighted by atomic mass is 16.5. The molecule has 2 aromatic carbocycles. The van der Waals surface area contributed by atoms with E-state index in [2.05, 4.69) is 6.07 Å². The normalized spacial score (nSPS) is 11.4. The third kappa shape index (κ3) is 4.47. The summed E-state index contributed by atoms with van der Waals surface area (Å²) < 4.78 is 5.67. The molecule has 0 aromatic heterocycles. The number of benzene rings is 2. The van der Waals surface area contributed by atoms with Crippen molar-refractivity contribution in [3.8, 4) is 11.8 Å². The van der Waals surface area contributed by atoms with E-state index in [0.717, 1.165) is 11.3 Å². The van der Waals surface area contributed by atoms with Gasteiger partial charge in [-0.05, 0) is 36.8 Å². The van der Waals surface area contributed by atoms with Crippen molar-refractivity contribution in [1.82, 2.24) is 0 Å². The molecule has 2 aromatic rings. The molecule has 2 rings (SSSR count). The molecular weight excluding hydrogens is 262 g/mol. The number of ether oxygens (including phenoxy) is 1. The monoisotopic (exact) mass is 279 g/mol. The standard InChI is InChI=1S/C18H17NO2/c1-14(12-19)11-18(20)16-7-9-17(10-8-16)21-13-15-5-3-2-4-6-15/h2-10,14H,11,13H2,1H3. The molecule has 0 aliphatic rings. The molecule has 0 radical (unpaired) electrons. The van der Waals surface area contributed by atoms with Gasteiger partial charge < -0.3 is 4.74 Å². The Kier molecular flexibility index (Phi) is 5.11. The van der Waals surface area contributed by atoms with Crippen molar-refractivity contribution in [2.75, 3.05) is 0 Å². The SMILES string of the molecule is CC(C#N)CC(=O)c1ccc(OCc2ccccc2)cc1. The number of nitriles is 1. The first kappa shape index (κ1) is 14.8. The van der Waals surface area contributed by atoms with Crippen LogP contribution in [0.4, 0.5) is 0 Å². The summed E-state index contributed by atoms with van der Waals surface area (Å²) in [5, 5.41) is 8.73. The minimum absolute atomic E-state index is 0.0151. The number of hydrogen-bond acceptors (Lipinski definition) is 3. The first-order valence-corrected chi connectivity index (χ1v) is 6.88. The molecule has 0 saturated heterocycles. The van der Waals surface area contributed by atoms with Crippen LogP contribution in [-0.4, -0.2) is 5.78 Å². The van der Waals surface area contributed by atoms with E-state index in [-0.39, 0.29) is 18.1 Å². The summed E-state index contributed by atoms with van der Waals surface area (Å²) in [6.45, 7) is 2.24. The molecular formula is C18H17NO2. The molecule has 1 atom stereocenters. The van der Waals surface area contributed by atoms with Crippen LogP contribution in [-0.2, 0) is 6.61 Å². The van der Waals surface area contributed by atoms with E-state index in [9.17, 15) is 4.79 Å². The minimum atomic E-state index is -0.258. The zero-order valence-electron chi connectivity index (χ0n) is 12.0. The quantitative estimate of drug-likeness (QED) is 0.751. The maximum absolute atomic E-state index is 11.9. The van der Waals surface area contributed by atoms with Crippen LogP contribution < -0.4 is 4.74 Å². The molecule has 21 heavy (non-hydrogen) atoms. The van der Waals surface area contributed by atoms with Crippen LogP contribution in [0, 0.1) is 17.2 Å². The summed E-state index contributed by atoms with van der Waals surface area (Å²) in [5.74, 6) is 0.453. The van der Waals surface area contributed by atoms with Crippen LogP contribution in [0.1, 0.15) is 29.3 Å². The molecule has 0 fully saturated rings. The minimum Gasteiger partial charge on any atom is -0.489 e. The summed E-state index contributed by atoms with van der Waals surface area (Å²) in [6.07, 6.45) is 0.251. The Balaban J connectivity index is 1.93. The molecule has 0 bridgehead atoms. The summed E-state index contributed by atoms with van der Waals surface area (Å²) in [5.41, 5.74) is 1.71. The number of ketones is 1. The lowest BCUT2D eigenvalue weighted by atomic mass is 10.0. The predicted octanol–water partition coefficient (Wildman–Crippen LogP) is 4.00. The van der Waals surface area contributed by atoms with Gasteiger partial charge >= 0.3 is 0 Å². The fourth-order valence-corrected chi connectivity index (χ4v) is 1.92. The van der Waals surface area contributed by atoms with Gasteiger partial charge in [-0.25, -0.2) is 0 Å². The van der Waals surface area contributed by atoms with E-state index in [4.69, 9.17) is 10.00 Å². The van der Waals surface area contributed by atoms with Crippen LogP contribution in [0.3, 0.4) is 0 Å². The van der Waals surface area contributed by atoms with E-state index in [1.807, 2.05) is 30.3 Å². The Morgan fingerprint density at radius 2 is 1.81 bits per heavy atom. The highest BCUT2D eigenvalue weighted by Gasteiger charge is 2.10. The molecule has 106 valence electrons. The highest BCUT2D eigenvalue weighted by molar-refractivity contribution is 5.96. The van der Waals surface area contributed by atoms with Crippen LogP contribution in [0.2, 0.25) is 0 Å². The van der Waals surface area contributed by atoms with Gasteiger partial charge in [-0.1, -0.05) is 30.3 Å². The van der Waals surface area contributed by atoms with Gasteiger partial charge in [0, 0.05) is 12.0 Å². The second kappa shape index (κ2) is 7.25. The fraction of sp³-hybridized carbons (Fsp3) is 0.222. The number of Topliss-reactive ketones (excluding diaryl/α,β-unsaturated/α-hetero) is 1. The number of rotatable bonds is 6. The fourth-order valence-electron chi connectivity index (χ4n) is 1.92. The van der Waals surface area contributed by atoms with Gasteiger partial charge in [0.05, 0.1) is 12.0 Å². The lowest BCUT2D eigenvalue weighted by Gasteiger charge is -2.07. The number of nitrogens with zero attached hydrogens (tertiary/aromatic N) is 1. The van der Waals surface area contributed by atoms with Crippen molar-refractivity contribution in [3.63, 3.8) is 0 Å². The van der Waals surface area contributed by atoms with Crippen molar-refractivity contribution in [2.24, 2.45) is 5.92 Å². The number of hydrogen-bond donors (Lipinski definition) is 0. The summed E-state index contributed by atoms with van der Waals surface area (Å²) in [6, 6.07) is 19.0. The Morgan fingerprint density at radius 1 is 1.14 bits per heavy atom. The van der Waals surface area contributed by atoms with Crippen molar-refractivity contribution in [1.29, 1.82) is 5.26 Å². The maximum atomic E-state index is 11.9. The average Bonchev–Trinajstić information content (AvgIpc) is 2.54. The molecule has 0 N–H and O–H groups in total. The first-order chi connectivity index (χ1) is 10.2. The molecule has 0 amide bonds. The van der Waals surface area contributed by atoms with E-state index in [1.165, 1.54) is 0 Å². The Hall–Kier alpha value is -2.60. The van der Waals surface area contributed by atoms with E-state index in [0.29, 0.717) is 12.2 Å². The highest BCUT2D eigenvalue weighted by Crippen LogP contribution is 2.16. The van der Waals surface area contributed by atoms with Crippen LogP contribution in [0.5, 0.6) is 5.75 Å². The number of carbonyl (C=O) groups is 1. The molecule has 0 spiro atoms. The second-order valence-electron chi connectivity index (χ2n) is 4.96. The zero-order valence-corrected chi connectivity index (χ0v) is 12.0. The largest absolute Gasteiger partial charge is 0.489 e. The molecule has 3 nitrogen and oxygen atoms in total. The lowest BCUT2D eigenvalue weighted by Crippen LogP contribution is -2.04. The van der Waals surface area contributed by atoms with Gasteiger partial charge in [0.15, 0.2) is 5.78 Å². The van der Waals surface area contributed by atoms with Crippen LogP contribution in [0.15, 0.2) is 54.6 Å². The molecule has 0 heterocycles. The van der Waals surface area contributed by atoms with Crippen molar-refractivity contribution >= 4 is 5.78 Å². The van der Waals surface area contributed by atoms with E-state index >= 15 is 0 Å². The number of carbonyl (C=O) groups excluding carboxylic acids is 1. The second-order valence-corrected chi connectivity index (χ2v) is 4.96. The van der Waals surface area contributed by atoms with E-state index in [1.54, 1.807) is 31.2 Å². The van der Waals surface area contributed by atoms with Crippen molar-refractivity contribution in [2.45, 2.75) is 20.0 Å². The topological polar surface area (TPSA) is 50.1 Å². The van der Waals surface area contributed by atoms with Gasteiger partial charge in [0.25, 0.3) is 0 Å². The molecule has 1 unspecified atom stereocenters. The summed E-state index contributed by atoms with van der Waals surface area (Å²) in [7, 11) is 0. The first-order valence-electron chi connectivity index (χ1n) is 6.88. The van der Waals surface area contributed by atoms with Gasteiger partial charge in [-0.2, -0.15) is 5.26 Å². The smallest absolute Gasteiger partial charge is 0.164 e. The van der Waals surface area contributed by atoms with Crippen LogP contribution in [0.25, 0.3) is 0 Å². The Morgan fingerprint density at radius 3 is 2.43 bits per heavy atom.